The third-order valence-electron chi connectivity index (χ3n) is 2.76. The third kappa shape index (κ3) is 2.61. The molecule has 0 radical (unpaired) electrons. The molecule has 0 amide bonds. The Hall–Kier alpha value is -1.06. The Balaban J connectivity index is 2.41. The van der Waals surface area contributed by atoms with Crippen molar-refractivity contribution in [2.75, 3.05) is 7.05 Å². The van der Waals surface area contributed by atoms with Gasteiger partial charge in [-0.15, -0.1) is 6.58 Å². The minimum absolute atomic E-state index is 0.187. The maximum Gasteiger partial charge on any atom is 0.148 e. The van der Waals surface area contributed by atoms with E-state index in [0.717, 1.165) is 33.2 Å². The number of furan rings is 1. The van der Waals surface area contributed by atoms with Crippen LogP contribution in [0.25, 0.3) is 11.0 Å². The fourth-order valence-corrected chi connectivity index (χ4v) is 2.38. The molecule has 3 heteroatoms. The van der Waals surface area contributed by atoms with Crippen LogP contribution in [0.5, 0.6) is 0 Å². The zero-order valence-corrected chi connectivity index (χ0v) is 11.7. The van der Waals surface area contributed by atoms with Crippen LogP contribution in [0, 0.1) is 0 Å². The number of para-hydroxylation sites is 1. The van der Waals surface area contributed by atoms with Gasteiger partial charge in [-0.05, 0) is 48.5 Å². The van der Waals surface area contributed by atoms with Crippen molar-refractivity contribution in [1.82, 2.24) is 5.32 Å². The summed E-state index contributed by atoms with van der Waals surface area (Å²) in [5.41, 5.74) is 2.05. The fraction of sp³-hybridized carbons (Fsp3) is 0.286. The van der Waals surface area contributed by atoms with Gasteiger partial charge in [0.2, 0.25) is 0 Å². The molecule has 1 unspecified atom stereocenters. The second-order valence-electron chi connectivity index (χ2n) is 4.31. The van der Waals surface area contributed by atoms with E-state index in [1.807, 2.05) is 26.1 Å². The van der Waals surface area contributed by atoms with E-state index in [2.05, 4.69) is 40.0 Å². The van der Waals surface area contributed by atoms with Crippen molar-refractivity contribution in [3.63, 3.8) is 0 Å². The van der Waals surface area contributed by atoms with Crippen molar-refractivity contribution in [3.8, 4) is 0 Å². The fourth-order valence-electron chi connectivity index (χ4n) is 1.91. The van der Waals surface area contributed by atoms with Crippen LogP contribution in [0.1, 0.15) is 25.1 Å². The summed E-state index contributed by atoms with van der Waals surface area (Å²) in [6.45, 7) is 5.98. The van der Waals surface area contributed by atoms with Crippen LogP contribution >= 0.6 is 15.9 Å². The quantitative estimate of drug-likeness (QED) is 0.844. The molecule has 1 aromatic heterocycles. The van der Waals surface area contributed by atoms with Crippen LogP contribution in [0.3, 0.4) is 0 Å². The number of fused-ring (bicyclic) bond motifs is 1. The number of rotatable bonds is 4. The average molecular weight is 294 g/mol. The maximum atomic E-state index is 5.90. The number of hydrogen-bond acceptors (Lipinski definition) is 2. The monoisotopic (exact) mass is 293 g/mol. The van der Waals surface area contributed by atoms with Crippen molar-refractivity contribution < 1.29 is 4.42 Å². The molecule has 1 atom stereocenters. The van der Waals surface area contributed by atoms with Gasteiger partial charge in [0.05, 0.1) is 10.5 Å². The Labute approximate surface area is 110 Å². The minimum Gasteiger partial charge on any atom is -0.458 e. The Bertz CT molecular complexity index is 544. The number of benzene rings is 1. The Kier molecular flexibility index (Phi) is 3.69. The molecule has 2 nitrogen and oxygen atoms in total. The largest absolute Gasteiger partial charge is 0.458 e. The van der Waals surface area contributed by atoms with Gasteiger partial charge in [-0.1, -0.05) is 17.7 Å². The summed E-state index contributed by atoms with van der Waals surface area (Å²) in [7, 11) is 1.94. The normalized spacial score (nSPS) is 12.9. The van der Waals surface area contributed by atoms with Gasteiger partial charge in [-0.25, -0.2) is 0 Å². The van der Waals surface area contributed by atoms with Gasteiger partial charge in [0, 0.05) is 5.39 Å². The van der Waals surface area contributed by atoms with E-state index in [-0.39, 0.29) is 6.04 Å². The van der Waals surface area contributed by atoms with E-state index < -0.39 is 0 Å². The lowest BCUT2D eigenvalue weighted by molar-refractivity contribution is 0.449. The summed E-state index contributed by atoms with van der Waals surface area (Å²) in [6.07, 6.45) is 0.883. The van der Waals surface area contributed by atoms with Crippen LogP contribution in [0.15, 0.2) is 45.3 Å². The first kappa shape index (κ1) is 12.4. The van der Waals surface area contributed by atoms with Crippen LogP contribution in [0.4, 0.5) is 0 Å². The number of halogens is 1. The topological polar surface area (TPSA) is 25.2 Å². The minimum atomic E-state index is 0.187. The smallest absolute Gasteiger partial charge is 0.148 e. The lowest BCUT2D eigenvalue weighted by atomic mass is 10.1. The van der Waals surface area contributed by atoms with Crippen LogP contribution < -0.4 is 5.32 Å². The Morgan fingerprint density at radius 2 is 2.29 bits per heavy atom. The van der Waals surface area contributed by atoms with E-state index in [1.54, 1.807) is 0 Å². The van der Waals surface area contributed by atoms with Gasteiger partial charge >= 0.3 is 0 Å². The molecular weight excluding hydrogens is 278 g/mol. The molecule has 2 aromatic rings. The molecule has 0 saturated carbocycles. The molecule has 0 spiro atoms. The molecule has 0 aliphatic rings. The third-order valence-corrected chi connectivity index (χ3v) is 3.38. The van der Waals surface area contributed by atoms with Crippen molar-refractivity contribution in [3.05, 3.63) is 46.7 Å². The van der Waals surface area contributed by atoms with E-state index >= 15 is 0 Å². The highest BCUT2D eigenvalue weighted by Crippen LogP contribution is 2.31. The first-order valence-electron chi connectivity index (χ1n) is 5.61. The summed E-state index contributed by atoms with van der Waals surface area (Å²) in [5, 5.41) is 4.38. The van der Waals surface area contributed by atoms with Crippen LogP contribution in [0.2, 0.25) is 0 Å². The Morgan fingerprint density at radius 1 is 1.53 bits per heavy atom. The molecule has 1 heterocycles. The number of hydrogen-bond donors (Lipinski definition) is 1. The molecule has 0 aliphatic heterocycles. The van der Waals surface area contributed by atoms with Gasteiger partial charge in [-0.2, -0.15) is 0 Å². The lowest BCUT2D eigenvalue weighted by Crippen LogP contribution is -2.15. The molecule has 0 fully saturated rings. The highest BCUT2D eigenvalue weighted by atomic mass is 79.9. The molecule has 17 heavy (non-hydrogen) atoms. The van der Waals surface area contributed by atoms with Gasteiger partial charge < -0.3 is 9.73 Å². The zero-order chi connectivity index (χ0) is 12.4. The molecular formula is C14H16BrNO. The van der Waals surface area contributed by atoms with E-state index in [1.165, 1.54) is 0 Å². The van der Waals surface area contributed by atoms with Gasteiger partial charge in [0.1, 0.15) is 11.3 Å². The molecule has 90 valence electrons. The van der Waals surface area contributed by atoms with Crippen molar-refractivity contribution in [2.24, 2.45) is 0 Å². The maximum absolute atomic E-state index is 5.90. The molecule has 2 rings (SSSR count). The molecule has 0 saturated heterocycles. The second kappa shape index (κ2) is 5.07. The zero-order valence-electron chi connectivity index (χ0n) is 10.1. The summed E-state index contributed by atoms with van der Waals surface area (Å²) in [6, 6.07) is 8.33. The van der Waals surface area contributed by atoms with E-state index in [9.17, 15) is 0 Å². The lowest BCUT2D eigenvalue weighted by Gasteiger charge is -2.12. The highest BCUT2D eigenvalue weighted by molar-refractivity contribution is 9.10. The molecule has 1 N–H and O–H groups in total. The van der Waals surface area contributed by atoms with Crippen molar-refractivity contribution >= 4 is 26.9 Å². The summed E-state index contributed by atoms with van der Waals surface area (Å²) in [5.74, 6) is 0.956. The molecule has 1 aromatic carbocycles. The van der Waals surface area contributed by atoms with Gasteiger partial charge in [0.25, 0.3) is 0 Å². The molecule has 0 aliphatic carbocycles. The predicted octanol–water partition coefficient (Wildman–Crippen LogP) is 4.42. The Morgan fingerprint density at radius 3 is 2.88 bits per heavy atom. The molecule has 0 bridgehead atoms. The summed E-state index contributed by atoms with van der Waals surface area (Å²) < 4.78 is 6.89. The first-order chi connectivity index (χ1) is 8.11. The van der Waals surface area contributed by atoms with Gasteiger partial charge in [0.15, 0.2) is 0 Å². The van der Waals surface area contributed by atoms with Gasteiger partial charge in [-0.3, -0.25) is 0 Å². The van der Waals surface area contributed by atoms with Crippen molar-refractivity contribution in [1.29, 1.82) is 0 Å². The second-order valence-corrected chi connectivity index (χ2v) is 5.16. The number of nitrogens with one attached hydrogen (secondary N) is 1. The average Bonchev–Trinajstić information content (AvgIpc) is 2.70. The summed E-state index contributed by atoms with van der Waals surface area (Å²) >= 11 is 3.50. The van der Waals surface area contributed by atoms with Crippen LogP contribution in [-0.4, -0.2) is 7.05 Å². The van der Waals surface area contributed by atoms with Crippen LogP contribution in [-0.2, 0) is 0 Å². The van der Waals surface area contributed by atoms with E-state index in [0.29, 0.717) is 0 Å². The standard InChI is InChI=1S/C14H16BrNO/c1-9(2)7-12(16-3)13-8-10-5-4-6-11(15)14(10)17-13/h4-6,8,12,16H,1,7H2,2-3H3. The van der Waals surface area contributed by atoms with E-state index in [4.69, 9.17) is 4.42 Å². The SMILES string of the molecule is C=C(C)CC(NC)c1cc2cccc(Br)c2o1. The van der Waals surface area contributed by atoms with Crippen molar-refractivity contribution in [2.45, 2.75) is 19.4 Å². The predicted molar refractivity (Wildman–Crippen MR) is 75.1 cm³/mol. The first-order valence-corrected chi connectivity index (χ1v) is 6.40. The highest BCUT2D eigenvalue weighted by Gasteiger charge is 2.15. The summed E-state index contributed by atoms with van der Waals surface area (Å²) in [4.78, 5) is 0.